The van der Waals surface area contributed by atoms with Crippen molar-refractivity contribution in [1.82, 2.24) is 4.57 Å². The lowest BCUT2D eigenvalue weighted by atomic mass is 9.44. The van der Waals surface area contributed by atoms with Crippen molar-refractivity contribution < 1.29 is 0 Å². The number of rotatable bonds is 0. The molecule has 0 atom stereocenters. The van der Waals surface area contributed by atoms with Crippen LogP contribution in [-0.2, 0) is 0 Å². The summed E-state index contributed by atoms with van der Waals surface area (Å²) in [7, 11) is 0. The normalized spacial score (nSPS) is 14.1. The van der Waals surface area contributed by atoms with Crippen molar-refractivity contribution in [3.05, 3.63) is 115 Å². The van der Waals surface area contributed by atoms with E-state index in [-0.39, 0.29) is 6.85 Å². The van der Waals surface area contributed by atoms with E-state index in [2.05, 4.69) is 125 Å². The summed E-state index contributed by atoms with van der Waals surface area (Å²) in [5.41, 5.74) is 13.4. The summed E-state index contributed by atoms with van der Waals surface area (Å²) in [6.07, 6.45) is 0. The van der Waals surface area contributed by atoms with Crippen LogP contribution in [0, 0.1) is 6.92 Å². The number of nitrogens with zero attached hydrogens (tertiary/aromatic N) is 2. The number of hydrogen-bond acceptors (Lipinski definition) is 2. The number of aryl methyl sites for hydroxylation is 1. The topological polar surface area (TPSA) is 8.17 Å². The molecule has 1 aromatic heterocycles. The first-order valence-electron chi connectivity index (χ1n) is 13.6. The van der Waals surface area contributed by atoms with Gasteiger partial charge in [0.1, 0.15) is 0 Å². The zero-order chi connectivity index (χ0) is 25.4. The number of hydrogen-bond donors (Lipinski definition) is 0. The van der Waals surface area contributed by atoms with Gasteiger partial charge in [-0.05, 0) is 70.1 Å². The fourth-order valence-corrected chi connectivity index (χ4v) is 8.66. The molecular weight excluding hydrogens is 491 g/mol. The minimum atomic E-state index is 0.109. The predicted molar refractivity (Wildman–Crippen MR) is 166 cm³/mol. The molecule has 0 unspecified atom stereocenters. The van der Waals surface area contributed by atoms with Crippen LogP contribution in [0.2, 0.25) is 0 Å². The van der Waals surface area contributed by atoms with Gasteiger partial charge < -0.3 is 9.38 Å². The molecule has 3 aliphatic heterocycles. The Balaban J connectivity index is 1.45. The third kappa shape index (κ3) is 2.38. The van der Waals surface area contributed by atoms with Crippen molar-refractivity contribution in [1.29, 1.82) is 0 Å². The van der Waals surface area contributed by atoms with Crippen molar-refractivity contribution in [2.24, 2.45) is 0 Å². The molecule has 0 bridgehead atoms. The van der Waals surface area contributed by atoms with E-state index in [9.17, 15) is 0 Å². The van der Waals surface area contributed by atoms with E-state index in [0.29, 0.717) is 0 Å². The number of anilines is 2. The highest BCUT2D eigenvalue weighted by atomic mass is 32.2. The number of benzene rings is 6. The molecule has 0 N–H and O–H groups in total. The van der Waals surface area contributed by atoms with Gasteiger partial charge in [0, 0.05) is 37.5 Å². The molecule has 39 heavy (non-hydrogen) atoms. The van der Waals surface area contributed by atoms with Gasteiger partial charge in [0.25, 0.3) is 0 Å². The smallest absolute Gasteiger partial charge is 0.333 e. The van der Waals surface area contributed by atoms with Gasteiger partial charge in [-0.1, -0.05) is 90.6 Å². The lowest BCUT2D eigenvalue weighted by molar-refractivity contribution is 1.16. The fourth-order valence-electron chi connectivity index (χ4n) is 7.55. The largest absolute Gasteiger partial charge is 0.374 e. The van der Waals surface area contributed by atoms with Crippen LogP contribution >= 0.6 is 11.8 Å². The lowest BCUT2D eigenvalue weighted by Gasteiger charge is -2.45. The molecule has 7 aromatic rings. The van der Waals surface area contributed by atoms with Crippen LogP contribution in [0.4, 0.5) is 11.4 Å². The van der Waals surface area contributed by atoms with Gasteiger partial charge in [-0.3, -0.25) is 0 Å². The first-order chi connectivity index (χ1) is 19.3. The second-order valence-electron chi connectivity index (χ2n) is 11.0. The average Bonchev–Trinajstić information content (AvgIpc) is 3.32. The molecular formula is C35H21BN2S. The van der Waals surface area contributed by atoms with Gasteiger partial charge in [-0.15, -0.1) is 0 Å². The quantitative estimate of drug-likeness (QED) is 0.191. The Bertz CT molecular complexity index is 2240. The highest BCUT2D eigenvalue weighted by Crippen LogP contribution is 2.54. The maximum atomic E-state index is 2.64. The third-order valence-corrected chi connectivity index (χ3v) is 10.1. The monoisotopic (exact) mass is 512 g/mol. The predicted octanol–water partition coefficient (Wildman–Crippen LogP) is 7.95. The van der Waals surface area contributed by atoms with Gasteiger partial charge in [-0.25, -0.2) is 0 Å². The Hall–Kier alpha value is -4.41. The van der Waals surface area contributed by atoms with E-state index in [1.165, 1.54) is 87.0 Å². The molecule has 0 fully saturated rings. The maximum Gasteiger partial charge on any atom is 0.333 e. The van der Waals surface area contributed by atoms with E-state index >= 15 is 0 Å². The van der Waals surface area contributed by atoms with E-state index in [1.54, 1.807) is 0 Å². The maximum absolute atomic E-state index is 2.64. The summed E-state index contributed by atoms with van der Waals surface area (Å²) in [5.74, 6) is 0. The van der Waals surface area contributed by atoms with Crippen molar-refractivity contribution in [3.63, 3.8) is 0 Å². The molecule has 0 saturated carbocycles. The van der Waals surface area contributed by atoms with Gasteiger partial charge in [-0.2, -0.15) is 0 Å². The van der Waals surface area contributed by atoms with E-state index in [0.717, 1.165) is 0 Å². The molecule has 180 valence electrons. The SMILES string of the molecule is Cc1cc2c3c(c1)-n1c4ccc5ccccc5c4c4cccc(c41)B3N1c3ccccc3Sc3cccc-2c31. The molecule has 3 aliphatic rings. The lowest BCUT2D eigenvalue weighted by Crippen LogP contribution is -2.61. The first kappa shape index (κ1) is 20.5. The van der Waals surface area contributed by atoms with Crippen LogP contribution in [0.1, 0.15) is 5.56 Å². The van der Waals surface area contributed by atoms with Crippen LogP contribution in [0.5, 0.6) is 0 Å². The molecule has 0 amide bonds. The van der Waals surface area contributed by atoms with E-state index in [4.69, 9.17) is 0 Å². The van der Waals surface area contributed by atoms with Crippen LogP contribution in [-0.4, -0.2) is 11.4 Å². The molecule has 10 rings (SSSR count). The van der Waals surface area contributed by atoms with Gasteiger partial charge in [0.2, 0.25) is 0 Å². The molecule has 6 aromatic carbocycles. The van der Waals surface area contributed by atoms with Crippen molar-refractivity contribution in [2.45, 2.75) is 16.7 Å². The highest BCUT2D eigenvalue weighted by Gasteiger charge is 2.46. The molecule has 4 heterocycles. The average molecular weight is 512 g/mol. The summed E-state index contributed by atoms with van der Waals surface area (Å²) in [4.78, 5) is 5.30. The summed E-state index contributed by atoms with van der Waals surface area (Å²) < 4.78 is 2.56. The van der Waals surface area contributed by atoms with E-state index < -0.39 is 0 Å². The zero-order valence-electron chi connectivity index (χ0n) is 21.3. The van der Waals surface area contributed by atoms with Crippen LogP contribution in [0.3, 0.4) is 0 Å². The van der Waals surface area contributed by atoms with Crippen molar-refractivity contribution in [3.8, 4) is 16.8 Å². The van der Waals surface area contributed by atoms with Gasteiger partial charge in [0.15, 0.2) is 0 Å². The summed E-state index contributed by atoms with van der Waals surface area (Å²) in [6.45, 7) is 2.36. The summed E-state index contributed by atoms with van der Waals surface area (Å²) in [6, 6.07) is 41.0. The van der Waals surface area contributed by atoms with E-state index in [1.807, 2.05) is 11.8 Å². The standard InChI is InChI=1S/C35H21BN2S/c1-20-18-25-23-10-7-15-31-35(23)38(27-13-4-5-14-30(27)39-31)36-26-12-6-11-24-32-22-9-3-2-8-21(22)16-17-28(32)37(34(24)26)29(19-20)33(25)36/h2-19H,1H3. The second-order valence-corrected chi connectivity index (χ2v) is 12.1. The van der Waals surface area contributed by atoms with Crippen LogP contribution in [0.25, 0.3) is 49.4 Å². The van der Waals surface area contributed by atoms with Gasteiger partial charge >= 0.3 is 6.85 Å². The molecule has 0 aliphatic carbocycles. The molecule has 2 nitrogen and oxygen atoms in total. The van der Waals surface area contributed by atoms with Crippen LogP contribution < -0.4 is 15.7 Å². The third-order valence-electron chi connectivity index (χ3n) is 8.95. The Morgan fingerprint density at radius 3 is 2.46 bits per heavy atom. The number of para-hydroxylation sites is 3. The number of fused-ring (bicyclic) bond motifs is 11. The Morgan fingerprint density at radius 2 is 1.49 bits per heavy atom. The minimum Gasteiger partial charge on any atom is -0.374 e. The Morgan fingerprint density at radius 1 is 0.667 bits per heavy atom. The zero-order valence-corrected chi connectivity index (χ0v) is 22.1. The fraction of sp³-hybridized carbons (Fsp3) is 0.0286. The second kappa shape index (κ2) is 6.96. The summed E-state index contributed by atoms with van der Waals surface area (Å²) in [5, 5.41) is 5.31. The van der Waals surface area contributed by atoms with Crippen LogP contribution in [0.15, 0.2) is 119 Å². The highest BCUT2D eigenvalue weighted by molar-refractivity contribution is 7.99. The first-order valence-corrected chi connectivity index (χ1v) is 14.4. The van der Waals surface area contributed by atoms with Crippen molar-refractivity contribution >= 4 is 73.5 Å². The molecule has 4 heteroatoms. The van der Waals surface area contributed by atoms with Gasteiger partial charge in [0.05, 0.1) is 16.7 Å². The molecule has 0 spiro atoms. The molecule has 0 saturated heterocycles. The summed E-state index contributed by atoms with van der Waals surface area (Å²) >= 11 is 1.90. The molecule has 0 radical (unpaired) electrons. The van der Waals surface area contributed by atoms with Crippen molar-refractivity contribution in [2.75, 3.05) is 4.81 Å². The Labute approximate surface area is 230 Å². The Kier molecular flexibility index (Phi) is 3.67. The number of aromatic nitrogens is 1. The minimum absolute atomic E-state index is 0.109.